The van der Waals surface area contributed by atoms with Gasteiger partial charge in [0.1, 0.15) is 0 Å². The Morgan fingerprint density at radius 2 is 2.06 bits per heavy atom. The average molecular weight is 256 g/mol. The molecule has 1 fully saturated rings. The molecule has 0 aromatic rings. The van der Waals surface area contributed by atoms with Crippen LogP contribution in [0.3, 0.4) is 0 Å². The van der Waals surface area contributed by atoms with Gasteiger partial charge in [0.25, 0.3) is 0 Å². The van der Waals surface area contributed by atoms with E-state index in [-0.39, 0.29) is 17.9 Å². The van der Waals surface area contributed by atoms with Crippen molar-refractivity contribution in [3.63, 3.8) is 0 Å². The molecule has 0 aromatic carbocycles. The maximum Gasteiger partial charge on any atom is 0.230 e. The minimum absolute atomic E-state index is 0.0127. The highest BCUT2D eigenvalue weighted by Gasteiger charge is 2.26. The number of amides is 1. The Morgan fingerprint density at radius 3 is 2.53 bits per heavy atom. The molecule has 0 aromatic heterocycles. The van der Waals surface area contributed by atoms with Gasteiger partial charge in [-0.15, -0.1) is 0 Å². The number of nitrogens with two attached hydrogens (primary N) is 1. The lowest BCUT2D eigenvalue weighted by molar-refractivity contribution is -0.124. The van der Waals surface area contributed by atoms with Crippen LogP contribution in [0.1, 0.15) is 52.4 Å². The second-order valence-corrected chi connectivity index (χ2v) is 5.56. The van der Waals surface area contributed by atoms with Gasteiger partial charge in [-0.3, -0.25) is 4.79 Å². The summed E-state index contributed by atoms with van der Waals surface area (Å²) in [6.45, 7) is 4.13. The summed E-state index contributed by atoms with van der Waals surface area (Å²) in [5.74, 6) is 0.352. The van der Waals surface area contributed by atoms with Crippen LogP contribution in [0.4, 0.5) is 0 Å². The fraction of sp³-hybridized carbons (Fsp3) is 0.846. The minimum atomic E-state index is -0.293. The highest BCUT2D eigenvalue weighted by atomic mass is 32.1. The fourth-order valence-electron chi connectivity index (χ4n) is 2.59. The first-order valence-electron chi connectivity index (χ1n) is 6.66. The van der Waals surface area contributed by atoms with E-state index in [2.05, 4.69) is 12.2 Å². The Bertz CT molecular complexity index is 275. The summed E-state index contributed by atoms with van der Waals surface area (Å²) in [7, 11) is 0. The number of nitrogens with one attached hydrogen (secondary N) is 1. The van der Waals surface area contributed by atoms with E-state index in [0.29, 0.717) is 10.9 Å². The molecule has 0 spiro atoms. The molecule has 0 radical (unpaired) electrons. The third kappa shape index (κ3) is 4.26. The summed E-state index contributed by atoms with van der Waals surface area (Å²) >= 11 is 4.96. The molecule has 0 bridgehead atoms. The van der Waals surface area contributed by atoms with Crippen LogP contribution in [0, 0.1) is 11.8 Å². The number of carbonyl (C=O) groups is 1. The summed E-state index contributed by atoms with van der Waals surface area (Å²) in [5.41, 5.74) is 5.62. The normalized spacial score (nSPS) is 19.9. The second kappa shape index (κ2) is 6.94. The van der Waals surface area contributed by atoms with E-state index in [9.17, 15) is 4.79 Å². The number of rotatable bonds is 6. The van der Waals surface area contributed by atoms with Gasteiger partial charge in [0.05, 0.1) is 10.9 Å². The van der Waals surface area contributed by atoms with Crippen LogP contribution in [-0.2, 0) is 4.79 Å². The molecule has 0 saturated heterocycles. The number of hydrogen-bond donors (Lipinski definition) is 2. The Balaban J connectivity index is 2.47. The van der Waals surface area contributed by atoms with Gasteiger partial charge in [-0.05, 0) is 32.1 Å². The first-order chi connectivity index (χ1) is 8.06. The largest absolute Gasteiger partial charge is 0.393 e. The summed E-state index contributed by atoms with van der Waals surface area (Å²) in [6.07, 6.45) is 6.71. The highest BCUT2D eigenvalue weighted by Crippen LogP contribution is 2.27. The van der Waals surface area contributed by atoms with E-state index in [0.717, 1.165) is 12.8 Å². The molecule has 98 valence electrons. The van der Waals surface area contributed by atoms with E-state index in [1.165, 1.54) is 25.7 Å². The van der Waals surface area contributed by atoms with Gasteiger partial charge in [0.2, 0.25) is 5.91 Å². The van der Waals surface area contributed by atoms with Gasteiger partial charge in [0, 0.05) is 6.04 Å². The molecule has 2 unspecified atom stereocenters. The Morgan fingerprint density at radius 1 is 1.47 bits per heavy atom. The standard InChI is InChI=1S/C13H24N2OS/c1-3-6-11(12(14)17)13(16)15-9(2)10-7-4-5-8-10/h9-11H,3-8H2,1-2H3,(H2,14,17)(H,15,16). The predicted octanol–water partition coefficient (Wildman–Crippen LogP) is 2.38. The van der Waals surface area contributed by atoms with Crippen molar-refractivity contribution in [2.24, 2.45) is 17.6 Å². The monoisotopic (exact) mass is 256 g/mol. The van der Waals surface area contributed by atoms with Crippen LogP contribution >= 0.6 is 12.2 Å². The van der Waals surface area contributed by atoms with Gasteiger partial charge in [-0.1, -0.05) is 38.4 Å². The Kier molecular flexibility index (Phi) is 5.89. The van der Waals surface area contributed by atoms with Crippen molar-refractivity contribution < 1.29 is 4.79 Å². The van der Waals surface area contributed by atoms with Crippen molar-refractivity contribution in [3.05, 3.63) is 0 Å². The van der Waals surface area contributed by atoms with E-state index < -0.39 is 0 Å². The molecule has 1 aliphatic rings. The average Bonchev–Trinajstić information content (AvgIpc) is 2.78. The van der Waals surface area contributed by atoms with Crippen LogP contribution in [0.25, 0.3) is 0 Å². The molecule has 2 atom stereocenters. The van der Waals surface area contributed by atoms with E-state index in [4.69, 9.17) is 18.0 Å². The van der Waals surface area contributed by atoms with Gasteiger partial charge in [0.15, 0.2) is 0 Å². The Labute approximate surface area is 110 Å². The van der Waals surface area contributed by atoms with Gasteiger partial charge >= 0.3 is 0 Å². The predicted molar refractivity (Wildman–Crippen MR) is 74.7 cm³/mol. The number of hydrogen-bond acceptors (Lipinski definition) is 2. The molecule has 3 nitrogen and oxygen atoms in total. The van der Waals surface area contributed by atoms with Crippen molar-refractivity contribution >= 4 is 23.1 Å². The van der Waals surface area contributed by atoms with Gasteiger partial charge in [-0.2, -0.15) is 0 Å². The first kappa shape index (κ1) is 14.4. The molecule has 1 aliphatic carbocycles. The number of thiocarbonyl (C=S) groups is 1. The quantitative estimate of drug-likeness (QED) is 0.717. The molecule has 0 heterocycles. The zero-order chi connectivity index (χ0) is 12.8. The maximum absolute atomic E-state index is 12.1. The molecule has 1 amide bonds. The summed E-state index contributed by atoms with van der Waals surface area (Å²) < 4.78 is 0. The topological polar surface area (TPSA) is 55.1 Å². The van der Waals surface area contributed by atoms with Crippen LogP contribution in [0.15, 0.2) is 0 Å². The lowest BCUT2D eigenvalue weighted by Gasteiger charge is -2.23. The molecule has 1 saturated carbocycles. The zero-order valence-corrected chi connectivity index (χ0v) is 11.7. The van der Waals surface area contributed by atoms with Crippen molar-refractivity contribution in [2.45, 2.75) is 58.4 Å². The van der Waals surface area contributed by atoms with Crippen LogP contribution in [0.5, 0.6) is 0 Å². The SMILES string of the molecule is CCCC(C(=O)NC(C)C1CCCC1)C(N)=S. The van der Waals surface area contributed by atoms with Gasteiger partial charge < -0.3 is 11.1 Å². The van der Waals surface area contributed by atoms with Crippen molar-refractivity contribution in [1.82, 2.24) is 5.32 Å². The number of carbonyl (C=O) groups excluding carboxylic acids is 1. The second-order valence-electron chi connectivity index (χ2n) is 5.09. The van der Waals surface area contributed by atoms with Gasteiger partial charge in [-0.25, -0.2) is 0 Å². The van der Waals surface area contributed by atoms with E-state index >= 15 is 0 Å². The van der Waals surface area contributed by atoms with Crippen molar-refractivity contribution in [3.8, 4) is 0 Å². The third-order valence-electron chi connectivity index (χ3n) is 3.71. The lowest BCUT2D eigenvalue weighted by atomic mass is 9.97. The smallest absolute Gasteiger partial charge is 0.230 e. The summed E-state index contributed by atoms with van der Waals surface area (Å²) in [5, 5.41) is 3.08. The molecule has 4 heteroatoms. The molecule has 0 aliphatic heterocycles. The first-order valence-corrected chi connectivity index (χ1v) is 7.06. The molecule has 1 rings (SSSR count). The van der Waals surface area contributed by atoms with Crippen molar-refractivity contribution in [2.75, 3.05) is 0 Å². The molecule has 3 N–H and O–H groups in total. The third-order valence-corrected chi connectivity index (χ3v) is 4.00. The minimum Gasteiger partial charge on any atom is -0.393 e. The summed E-state index contributed by atoms with van der Waals surface area (Å²) in [6, 6.07) is 0.249. The van der Waals surface area contributed by atoms with Crippen LogP contribution < -0.4 is 11.1 Å². The molecular weight excluding hydrogens is 232 g/mol. The highest BCUT2D eigenvalue weighted by molar-refractivity contribution is 7.80. The van der Waals surface area contributed by atoms with E-state index in [1.807, 2.05) is 6.92 Å². The maximum atomic E-state index is 12.1. The lowest BCUT2D eigenvalue weighted by Crippen LogP contribution is -2.44. The zero-order valence-electron chi connectivity index (χ0n) is 10.9. The fourth-order valence-corrected chi connectivity index (χ4v) is 2.82. The van der Waals surface area contributed by atoms with Crippen LogP contribution in [0.2, 0.25) is 0 Å². The molecular formula is C13H24N2OS. The van der Waals surface area contributed by atoms with Crippen molar-refractivity contribution in [1.29, 1.82) is 0 Å². The molecule has 17 heavy (non-hydrogen) atoms. The van der Waals surface area contributed by atoms with E-state index in [1.54, 1.807) is 0 Å². The summed E-state index contributed by atoms with van der Waals surface area (Å²) in [4.78, 5) is 12.4. The van der Waals surface area contributed by atoms with Crippen LogP contribution in [-0.4, -0.2) is 16.9 Å². The Hall–Kier alpha value is -0.640.